The number of aromatic carboxylic acids is 1. The molecule has 164 valence electrons. The van der Waals surface area contributed by atoms with Crippen LogP contribution in [0.25, 0.3) is 10.9 Å². The molecule has 1 aliphatic carbocycles. The number of rotatable bonds is 4. The second-order valence-corrected chi connectivity index (χ2v) is 10.5. The first-order valence-corrected chi connectivity index (χ1v) is 10.8. The van der Waals surface area contributed by atoms with Gasteiger partial charge in [0.2, 0.25) is 0 Å². The highest BCUT2D eigenvalue weighted by Crippen LogP contribution is 2.65. The van der Waals surface area contributed by atoms with Gasteiger partial charge in [-0.1, -0.05) is 34.4 Å². The molecule has 31 heavy (non-hydrogen) atoms. The number of carboxylic acid groups (broad SMARTS) is 1. The van der Waals surface area contributed by atoms with Crippen LogP contribution in [0.4, 0.5) is 0 Å². The average Bonchev–Trinajstić information content (AvgIpc) is 3.03. The lowest BCUT2D eigenvalue weighted by Crippen LogP contribution is -2.33. The number of halogens is 2. The van der Waals surface area contributed by atoms with Crippen molar-refractivity contribution in [3.8, 4) is 0 Å². The highest BCUT2D eigenvalue weighted by atomic mass is 35.5. The van der Waals surface area contributed by atoms with Crippen LogP contribution >= 0.6 is 23.2 Å². The molecule has 1 aliphatic heterocycles. The van der Waals surface area contributed by atoms with Crippen molar-refractivity contribution in [1.82, 2.24) is 14.7 Å². The average molecular weight is 466 g/mol. The molecule has 1 aromatic carbocycles. The van der Waals surface area contributed by atoms with Crippen LogP contribution < -0.4 is 5.76 Å². The molecule has 10 heteroatoms. The van der Waals surface area contributed by atoms with E-state index in [-0.39, 0.29) is 23.5 Å². The summed E-state index contributed by atoms with van der Waals surface area (Å²) in [5, 5.41) is 14.5. The molecule has 1 unspecified atom stereocenters. The zero-order valence-corrected chi connectivity index (χ0v) is 18.5. The minimum absolute atomic E-state index is 0.00600. The van der Waals surface area contributed by atoms with E-state index in [2.05, 4.69) is 28.5 Å². The molecule has 0 bridgehead atoms. The van der Waals surface area contributed by atoms with E-state index in [0.717, 1.165) is 23.8 Å². The van der Waals surface area contributed by atoms with Crippen molar-refractivity contribution in [2.24, 2.45) is 0 Å². The van der Waals surface area contributed by atoms with Crippen molar-refractivity contribution in [1.29, 1.82) is 0 Å². The Kier molecular flexibility index (Phi) is 4.39. The van der Waals surface area contributed by atoms with Crippen LogP contribution in [0.5, 0.6) is 0 Å². The third-order valence-electron chi connectivity index (χ3n) is 6.38. The molecule has 2 fully saturated rings. The van der Waals surface area contributed by atoms with Crippen molar-refractivity contribution in [2.75, 3.05) is 6.61 Å². The van der Waals surface area contributed by atoms with Gasteiger partial charge in [-0.05, 0) is 56.4 Å². The van der Waals surface area contributed by atoms with E-state index in [1.807, 2.05) is 18.2 Å². The van der Waals surface area contributed by atoms with E-state index < -0.39 is 21.6 Å². The summed E-state index contributed by atoms with van der Waals surface area (Å²) in [5.41, 5.74) is 0.315. The van der Waals surface area contributed by atoms with Crippen molar-refractivity contribution in [3.63, 3.8) is 0 Å². The summed E-state index contributed by atoms with van der Waals surface area (Å²) in [4.78, 5) is 26.2. The Morgan fingerprint density at radius 1 is 1.32 bits per heavy atom. The van der Waals surface area contributed by atoms with Crippen LogP contribution in [0, 0.1) is 0 Å². The molecule has 3 heterocycles. The van der Waals surface area contributed by atoms with Crippen molar-refractivity contribution < 1.29 is 19.2 Å². The van der Waals surface area contributed by atoms with Gasteiger partial charge >= 0.3 is 11.7 Å². The summed E-state index contributed by atoms with van der Waals surface area (Å²) in [5.74, 6) is -1.49. The Morgan fingerprint density at radius 2 is 2.06 bits per heavy atom. The lowest BCUT2D eigenvalue weighted by Gasteiger charge is -2.35. The Balaban J connectivity index is 1.68. The van der Waals surface area contributed by atoms with Crippen LogP contribution in [-0.2, 0) is 10.3 Å². The molecule has 2 aromatic heterocycles. The minimum atomic E-state index is -1.35. The molecule has 1 saturated carbocycles. The zero-order chi connectivity index (χ0) is 22.2. The summed E-state index contributed by atoms with van der Waals surface area (Å²) in [6.07, 6.45) is 1.95. The lowest BCUT2D eigenvalue weighted by atomic mass is 9.83. The SMILES string of the molecule is CC1(C)C[C@@H](c2ccc3c(c2)cc(C(=O)O)n3C2(c3noc(=O)[nH]3)CC2(Cl)Cl)CCO1. The highest BCUT2D eigenvalue weighted by Gasteiger charge is 2.72. The van der Waals surface area contributed by atoms with E-state index in [9.17, 15) is 14.7 Å². The normalized spacial score (nSPS) is 26.8. The van der Waals surface area contributed by atoms with Crippen LogP contribution in [0.15, 0.2) is 33.6 Å². The van der Waals surface area contributed by atoms with E-state index in [1.54, 1.807) is 10.6 Å². The molecule has 1 saturated heterocycles. The molecule has 0 radical (unpaired) electrons. The van der Waals surface area contributed by atoms with Gasteiger partial charge in [0, 0.05) is 23.9 Å². The summed E-state index contributed by atoms with van der Waals surface area (Å²) in [6.45, 7) is 4.83. The van der Waals surface area contributed by atoms with Crippen molar-refractivity contribution in [3.05, 3.63) is 51.9 Å². The number of hydrogen-bond donors (Lipinski definition) is 2. The van der Waals surface area contributed by atoms with E-state index in [1.165, 1.54) is 0 Å². The van der Waals surface area contributed by atoms with Gasteiger partial charge in [0.15, 0.2) is 10.2 Å². The Hall–Kier alpha value is -2.29. The Morgan fingerprint density at radius 3 is 2.65 bits per heavy atom. The summed E-state index contributed by atoms with van der Waals surface area (Å²) in [7, 11) is 0. The van der Waals surface area contributed by atoms with E-state index in [0.29, 0.717) is 18.0 Å². The largest absolute Gasteiger partial charge is 0.477 e. The number of nitrogens with one attached hydrogen (secondary N) is 1. The molecule has 3 aromatic rings. The van der Waals surface area contributed by atoms with Crippen LogP contribution in [0.1, 0.15) is 60.9 Å². The maximum absolute atomic E-state index is 12.1. The van der Waals surface area contributed by atoms with Crippen LogP contribution in [0.2, 0.25) is 0 Å². The number of hydrogen-bond acceptors (Lipinski definition) is 5. The molecule has 5 rings (SSSR count). The molecule has 2 N–H and O–H groups in total. The number of benzene rings is 1. The van der Waals surface area contributed by atoms with Gasteiger partial charge < -0.3 is 14.4 Å². The first kappa shape index (κ1) is 20.6. The molecule has 2 atom stereocenters. The first-order chi connectivity index (χ1) is 14.5. The number of carboxylic acids is 1. The fourth-order valence-corrected chi connectivity index (χ4v) is 5.60. The number of alkyl halides is 2. The number of fused-ring (bicyclic) bond motifs is 1. The predicted octanol–water partition coefficient (Wildman–Crippen LogP) is 4.01. The Bertz CT molecular complexity index is 1260. The van der Waals surface area contributed by atoms with E-state index >= 15 is 0 Å². The monoisotopic (exact) mass is 465 g/mol. The van der Waals surface area contributed by atoms with Gasteiger partial charge in [0.1, 0.15) is 11.2 Å². The third kappa shape index (κ3) is 3.11. The number of H-pyrrole nitrogens is 1. The van der Waals surface area contributed by atoms with Gasteiger partial charge in [0.05, 0.1) is 5.60 Å². The quantitative estimate of drug-likeness (QED) is 0.563. The molecule has 0 amide bonds. The van der Waals surface area contributed by atoms with Gasteiger partial charge in [-0.15, -0.1) is 0 Å². The lowest BCUT2D eigenvalue weighted by molar-refractivity contribution is -0.0592. The number of aromatic amines is 1. The van der Waals surface area contributed by atoms with Crippen LogP contribution in [-0.4, -0.2) is 42.3 Å². The molecule has 2 aliphatic rings. The van der Waals surface area contributed by atoms with Crippen molar-refractivity contribution >= 4 is 40.1 Å². The second-order valence-electron chi connectivity index (χ2n) is 8.97. The molecular weight excluding hydrogens is 445 g/mol. The van der Waals surface area contributed by atoms with Gasteiger partial charge in [-0.3, -0.25) is 9.51 Å². The number of carbonyl (C=O) groups is 1. The standard InChI is InChI=1S/C21H21Cl2N3O5/c1-19(2)9-12(5-6-30-19)11-3-4-14-13(7-11)8-15(16(27)28)26(14)20(10-21(20,22)23)17-24-18(29)31-25-17/h3-4,7-8,12H,5-6,9-10H2,1-2H3,(H,27,28)(H,24,25,29)/t12-,20?/m0/s1. The van der Waals surface area contributed by atoms with Gasteiger partial charge in [-0.2, -0.15) is 0 Å². The topological polar surface area (TPSA) is 110 Å². The van der Waals surface area contributed by atoms with Gasteiger partial charge in [-0.25, -0.2) is 9.59 Å². The van der Waals surface area contributed by atoms with E-state index in [4.69, 9.17) is 27.9 Å². The zero-order valence-electron chi connectivity index (χ0n) is 16.9. The molecule has 8 nitrogen and oxygen atoms in total. The number of nitrogens with zero attached hydrogens (tertiary/aromatic N) is 2. The minimum Gasteiger partial charge on any atom is -0.477 e. The fraction of sp³-hybridized carbons (Fsp3) is 0.476. The summed E-state index contributed by atoms with van der Waals surface area (Å²) in [6, 6.07) is 7.49. The fourth-order valence-electron chi connectivity index (χ4n) is 4.86. The van der Waals surface area contributed by atoms with Gasteiger partial charge in [0.25, 0.3) is 0 Å². The van der Waals surface area contributed by atoms with Crippen LogP contribution in [0.3, 0.4) is 0 Å². The molecule has 0 spiro atoms. The Labute approximate surface area is 187 Å². The maximum Gasteiger partial charge on any atom is 0.438 e. The third-order valence-corrected chi connectivity index (χ3v) is 7.28. The maximum atomic E-state index is 12.1. The smallest absolute Gasteiger partial charge is 0.438 e. The second kappa shape index (κ2) is 6.60. The summed E-state index contributed by atoms with van der Waals surface area (Å²) >= 11 is 13.0. The number of aromatic nitrogens is 3. The number of ether oxygens (including phenoxy) is 1. The van der Waals surface area contributed by atoms with Crippen molar-refractivity contribution in [2.45, 2.75) is 54.5 Å². The predicted molar refractivity (Wildman–Crippen MR) is 114 cm³/mol. The first-order valence-electron chi connectivity index (χ1n) is 10.0. The summed E-state index contributed by atoms with van der Waals surface area (Å²) < 4.78 is 10.7. The highest BCUT2D eigenvalue weighted by molar-refractivity contribution is 6.52. The molecular formula is C21H21Cl2N3O5.